The molecule has 18 heavy (non-hydrogen) atoms. The van der Waals surface area contributed by atoms with Crippen LogP contribution in [-0.4, -0.2) is 28.6 Å². The van der Waals surface area contributed by atoms with Gasteiger partial charge in [-0.15, -0.1) is 0 Å². The van der Waals surface area contributed by atoms with Crippen molar-refractivity contribution in [1.29, 1.82) is 0 Å². The molecule has 1 aromatic heterocycles. The van der Waals surface area contributed by atoms with Crippen LogP contribution in [0.3, 0.4) is 0 Å². The summed E-state index contributed by atoms with van der Waals surface area (Å²) in [6, 6.07) is 1.15. The maximum Gasteiger partial charge on any atom is 0.326 e. The lowest BCUT2D eigenvalue weighted by molar-refractivity contribution is -0.138. The Hall–Kier alpha value is -1.98. The van der Waals surface area contributed by atoms with Crippen molar-refractivity contribution >= 4 is 23.2 Å². The minimum Gasteiger partial charge on any atom is -0.480 e. The Morgan fingerprint density at radius 1 is 1.61 bits per heavy atom. The zero-order chi connectivity index (χ0) is 13.3. The Labute approximate surface area is 106 Å². The molecule has 1 fully saturated rings. The summed E-state index contributed by atoms with van der Waals surface area (Å²) < 4.78 is 0. The molecule has 6 nitrogen and oxygen atoms in total. The number of carboxylic acid groups (broad SMARTS) is 1. The first kappa shape index (κ1) is 12.5. The lowest BCUT2D eigenvalue weighted by Gasteiger charge is -2.23. The number of nitrogens with two attached hydrogens (primary N) is 2. The highest BCUT2D eigenvalue weighted by Gasteiger charge is 2.31. The topological polar surface area (TPSA) is 105 Å². The Morgan fingerprint density at radius 2 is 2.33 bits per heavy atom. The molecule has 1 unspecified atom stereocenters. The van der Waals surface area contributed by atoms with Crippen LogP contribution < -0.4 is 16.4 Å². The molecule has 0 bridgehead atoms. The van der Waals surface area contributed by atoms with E-state index in [9.17, 15) is 4.79 Å². The number of carboxylic acids is 1. The van der Waals surface area contributed by atoms with Crippen molar-refractivity contribution < 1.29 is 9.90 Å². The van der Waals surface area contributed by atoms with Crippen LogP contribution in [0.15, 0.2) is 6.07 Å². The second-order valence-corrected chi connectivity index (χ2v) is 4.47. The maximum absolute atomic E-state index is 11.2. The van der Waals surface area contributed by atoms with Crippen molar-refractivity contribution in [3.63, 3.8) is 0 Å². The van der Waals surface area contributed by atoms with Crippen LogP contribution in [0.25, 0.3) is 0 Å². The molecule has 1 aromatic rings. The van der Waals surface area contributed by atoms with Crippen LogP contribution in [0.2, 0.25) is 0 Å². The van der Waals surface area contributed by atoms with E-state index in [4.69, 9.17) is 16.6 Å². The monoisotopic (exact) mass is 250 g/mol. The van der Waals surface area contributed by atoms with Crippen molar-refractivity contribution in [1.82, 2.24) is 4.98 Å². The first-order valence-electron chi connectivity index (χ1n) is 6.09. The smallest absolute Gasteiger partial charge is 0.326 e. The Balaban J connectivity index is 2.39. The van der Waals surface area contributed by atoms with Gasteiger partial charge in [-0.25, -0.2) is 9.78 Å². The Kier molecular flexibility index (Phi) is 3.27. The van der Waals surface area contributed by atoms with Gasteiger partial charge in [0.25, 0.3) is 0 Å². The van der Waals surface area contributed by atoms with Crippen LogP contribution in [0, 0.1) is 0 Å². The molecule has 1 aliphatic rings. The van der Waals surface area contributed by atoms with E-state index >= 15 is 0 Å². The average molecular weight is 250 g/mol. The second kappa shape index (κ2) is 4.72. The third kappa shape index (κ3) is 2.05. The van der Waals surface area contributed by atoms with E-state index < -0.39 is 12.0 Å². The number of aliphatic carboxylic acids is 1. The largest absolute Gasteiger partial charge is 0.480 e. The van der Waals surface area contributed by atoms with E-state index in [2.05, 4.69) is 4.98 Å². The molecule has 0 spiro atoms. The van der Waals surface area contributed by atoms with Crippen LogP contribution in [0.1, 0.15) is 25.5 Å². The number of carbonyl (C=O) groups is 1. The maximum atomic E-state index is 11.2. The fourth-order valence-corrected chi connectivity index (χ4v) is 2.33. The van der Waals surface area contributed by atoms with Gasteiger partial charge in [-0.3, -0.25) is 0 Å². The number of hydrogen-bond acceptors (Lipinski definition) is 5. The predicted molar refractivity (Wildman–Crippen MR) is 70.4 cm³/mol. The third-order valence-electron chi connectivity index (χ3n) is 3.32. The van der Waals surface area contributed by atoms with Crippen LogP contribution in [0.5, 0.6) is 0 Å². The van der Waals surface area contributed by atoms with E-state index in [-0.39, 0.29) is 0 Å². The summed E-state index contributed by atoms with van der Waals surface area (Å²) in [6.45, 7) is 2.64. The molecule has 0 aliphatic carbocycles. The molecule has 1 saturated heterocycles. The molecular formula is C12H18N4O2. The summed E-state index contributed by atoms with van der Waals surface area (Å²) in [5.41, 5.74) is 13.4. The molecule has 0 radical (unpaired) electrons. The molecule has 2 heterocycles. The van der Waals surface area contributed by atoms with E-state index in [0.29, 0.717) is 36.6 Å². The van der Waals surface area contributed by atoms with Gasteiger partial charge < -0.3 is 21.5 Å². The quantitative estimate of drug-likeness (QED) is 0.734. The van der Waals surface area contributed by atoms with Gasteiger partial charge in [-0.05, 0) is 19.3 Å². The molecule has 6 heteroatoms. The number of hydrogen-bond donors (Lipinski definition) is 3. The molecule has 2 rings (SSSR count). The molecule has 1 aliphatic heterocycles. The highest BCUT2D eigenvalue weighted by atomic mass is 16.4. The summed E-state index contributed by atoms with van der Waals surface area (Å²) in [4.78, 5) is 17.4. The predicted octanol–water partition coefficient (Wildman–Crippen LogP) is 0.862. The third-order valence-corrected chi connectivity index (χ3v) is 3.32. The second-order valence-electron chi connectivity index (χ2n) is 4.47. The van der Waals surface area contributed by atoms with Crippen LogP contribution in [0.4, 0.5) is 17.2 Å². The zero-order valence-electron chi connectivity index (χ0n) is 10.4. The number of aromatic nitrogens is 1. The van der Waals surface area contributed by atoms with Gasteiger partial charge in [-0.1, -0.05) is 6.92 Å². The average Bonchev–Trinajstić information content (AvgIpc) is 2.81. The van der Waals surface area contributed by atoms with Crippen molar-refractivity contribution in [2.45, 2.75) is 32.2 Å². The lowest BCUT2D eigenvalue weighted by Crippen LogP contribution is -2.36. The van der Waals surface area contributed by atoms with Gasteiger partial charge in [-0.2, -0.15) is 0 Å². The highest BCUT2D eigenvalue weighted by Crippen LogP contribution is 2.29. The SMILES string of the molecule is CCc1nc(N2CCCC2C(=O)O)cc(N)c1N. The van der Waals surface area contributed by atoms with Crippen LogP contribution >= 0.6 is 0 Å². The van der Waals surface area contributed by atoms with Gasteiger partial charge in [0.1, 0.15) is 11.9 Å². The fourth-order valence-electron chi connectivity index (χ4n) is 2.33. The number of rotatable bonds is 3. The van der Waals surface area contributed by atoms with Gasteiger partial charge in [0.2, 0.25) is 0 Å². The van der Waals surface area contributed by atoms with Gasteiger partial charge in [0, 0.05) is 12.6 Å². The van der Waals surface area contributed by atoms with Gasteiger partial charge in [0.15, 0.2) is 0 Å². The van der Waals surface area contributed by atoms with Crippen molar-refractivity contribution in [2.75, 3.05) is 22.9 Å². The van der Waals surface area contributed by atoms with E-state index in [1.54, 1.807) is 11.0 Å². The molecule has 98 valence electrons. The summed E-state index contributed by atoms with van der Waals surface area (Å²) in [5, 5.41) is 9.17. The molecule has 0 aromatic carbocycles. The lowest BCUT2D eigenvalue weighted by atomic mass is 10.2. The Bertz CT molecular complexity index is 475. The fraction of sp³-hybridized carbons (Fsp3) is 0.500. The minimum atomic E-state index is -0.817. The number of pyridine rings is 1. The summed E-state index contributed by atoms with van der Waals surface area (Å²) in [7, 11) is 0. The van der Waals surface area contributed by atoms with E-state index in [1.165, 1.54) is 0 Å². The molecule has 5 N–H and O–H groups in total. The van der Waals surface area contributed by atoms with E-state index in [0.717, 1.165) is 12.1 Å². The molecular weight excluding hydrogens is 232 g/mol. The van der Waals surface area contributed by atoms with Crippen molar-refractivity contribution in [3.8, 4) is 0 Å². The first-order chi connectivity index (χ1) is 8.54. The normalized spacial score (nSPS) is 19.2. The van der Waals surface area contributed by atoms with Crippen molar-refractivity contribution in [2.24, 2.45) is 0 Å². The Morgan fingerprint density at radius 3 is 2.94 bits per heavy atom. The zero-order valence-corrected chi connectivity index (χ0v) is 10.4. The number of nitrogens with zero attached hydrogens (tertiary/aromatic N) is 2. The minimum absolute atomic E-state index is 0.466. The highest BCUT2D eigenvalue weighted by molar-refractivity contribution is 5.79. The summed E-state index contributed by atoms with van der Waals surface area (Å²) in [6.07, 6.45) is 2.17. The van der Waals surface area contributed by atoms with Gasteiger partial charge >= 0.3 is 5.97 Å². The van der Waals surface area contributed by atoms with Crippen molar-refractivity contribution in [3.05, 3.63) is 11.8 Å². The first-order valence-corrected chi connectivity index (χ1v) is 6.09. The molecule has 0 saturated carbocycles. The summed E-state index contributed by atoms with van der Waals surface area (Å²) in [5.74, 6) is -0.203. The molecule has 1 atom stereocenters. The summed E-state index contributed by atoms with van der Waals surface area (Å²) >= 11 is 0. The number of aryl methyl sites for hydroxylation is 1. The number of nitrogen functional groups attached to an aromatic ring is 2. The number of anilines is 3. The molecule has 0 amide bonds. The standard InChI is InChI=1S/C12H18N4O2/c1-2-8-11(14)7(13)6-10(15-8)16-5-3-4-9(16)12(17)18/h6,9H,2-5,14H2,1H3,(H2,13,15)(H,17,18). The van der Waals surface area contributed by atoms with Crippen LogP contribution in [-0.2, 0) is 11.2 Å². The van der Waals surface area contributed by atoms with E-state index in [1.807, 2.05) is 6.92 Å². The van der Waals surface area contributed by atoms with Gasteiger partial charge in [0.05, 0.1) is 17.1 Å².